The summed E-state index contributed by atoms with van der Waals surface area (Å²) in [4.78, 5) is 24.3. The summed E-state index contributed by atoms with van der Waals surface area (Å²) >= 11 is 0. The fraction of sp³-hybridized carbons (Fsp3) is 0.870. The molecule has 5 nitrogen and oxygen atoms in total. The number of carbonyl (C=O) groups excluding carboxylic acids is 2. The molecule has 0 aromatic heterocycles. The average molecular weight is 719 g/mol. The molecule has 0 aliphatic carbocycles. The van der Waals surface area contributed by atoms with Crippen LogP contribution >= 0.6 is 0 Å². The number of esters is 2. The summed E-state index contributed by atoms with van der Waals surface area (Å²) in [5.74, 6) is -0.583. The van der Waals surface area contributed by atoms with Gasteiger partial charge in [0, 0.05) is 12.8 Å². The van der Waals surface area contributed by atoms with Crippen molar-refractivity contribution in [2.24, 2.45) is 0 Å². The van der Waals surface area contributed by atoms with Crippen LogP contribution in [0.2, 0.25) is 0 Å². The van der Waals surface area contributed by atoms with Gasteiger partial charge in [0.05, 0.1) is 6.61 Å². The molecule has 0 amide bonds. The molecule has 0 saturated heterocycles. The minimum absolute atomic E-state index is 0.0626. The molecule has 1 N–H and O–H groups in total. The van der Waals surface area contributed by atoms with Gasteiger partial charge in [-0.05, 0) is 44.9 Å². The van der Waals surface area contributed by atoms with Gasteiger partial charge >= 0.3 is 11.9 Å². The summed E-state index contributed by atoms with van der Waals surface area (Å²) in [5.41, 5.74) is 0. The first kappa shape index (κ1) is 49.4. The van der Waals surface area contributed by atoms with E-state index in [4.69, 9.17) is 9.47 Å². The van der Waals surface area contributed by atoms with Crippen molar-refractivity contribution in [2.75, 3.05) is 13.2 Å². The van der Waals surface area contributed by atoms with E-state index in [1.165, 1.54) is 173 Å². The van der Waals surface area contributed by atoms with Gasteiger partial charge in [0.15, 0.2) is 6.10 Å². The second-order valence-corrected chi connectivity index (χ2v) is 15.1. The van der Waals surface area contributed by atoms with Gasteiger partial charge in [-0.25, -0.2) is 0 Å². The van der Waals surface area contributed by atoms with Crippen LogP contribution in [0.25, 0.3) is 0 Å². The molecule has 0 aliphatic heterocycles. The number of hydrogen-bond acceptors (Lipinski definition) is 5. The molecule has 0 bridgehead atoms. The van der Waals surface area contributed by atoms with Crippen LogP contribution < -0.4 is 0 Å². The summed E-state index contributed by atoms with van der Waals surface area (Å²) < 4.78 is 10.6. The Morgan fingerprint density at radius 3 is 1.20 bits per heavy atom. The maximum absolute atomic E-state index is 12.2. The minimum atomic E-state index is -0.769. The Morgan fingerprint density at radius 1 is 0.451 bits per heavy atom. The van der Waals surface area contributed by atoms with E-state index in [1.807, 2.05) is 0 Å². The van der Waals surface area contributed by atoms with Crippen LogP contribution in [-0.2, 0) is 19.1 Å². The molecule has 1 atom stereocenters. The Bertz CT molecular complexity index is 776. The first-order valence-electron chi connectivity index (χ1n) is 22.4. The van der Waals surface area contributed by atoms with Crippen LogP contribution in [-0.4, -0.2) is 36.4 Å². The molecule has 0 rings (SSSR count). The van der Waals surface area contributed by atoms with E-state index >= 15 is 0 Å². The van der Waals surface area contributed by atoms with Gasteiger partial charge in [-0.2, -0.15) is 0 Å². The maximum Gasteiger partial charge on any atom is 0.306 e. The second-order valence-electron chi connectivity index (χ2n) is 15.1. The Kier molecular flexibility index (Phi) is 41.4. The Labute approximate surface area is 317 Å². The molecular formula is C46H86O5. The van der Waals surface area contributed by atoms with Crippen molar-refractivity contribution in [3.05, 3.63) is 24.3 Å². The molecule has 300 valence electrons. The van der Waals surface area contributed by atoms with Gasteiger partial charge in [-0.15, -0.1) is 0 Å². The van der Waals surface area contributed by atoms with Gasteiger partial charge in [0.2, 0.25) is 0 Å². The smallest absolute Gasteiger partial charge is 0.306 e. The normalized spacial score (nSPS) is 12.3. The Hall–Kier alpha value is -1.62. The lowest BCUT2D eigenvalue weighted by atomic mass is 10.0. The molecule has 5 heteroatoms. The molecule has 0 radical (unpaired) electrons. The zero-order valence-electron chi connectivity index (χ0n) is 34.1. The van der Waals surface area contributed by atoms with E-state index in [1.54, 1.807) is 0 Å². The first-order chi connectivity index (χ1) is 25.1. The summed E-state index contributed by atoms with van der Waals surface area (Å²) in [6, 6.07) is 0. The van der Waals surface area contributed by atoms with Crippen LogP contribution in [0.15, 0.2) is 24.3 Å². The molecule has 0 fully saturated rings. The zero-order valence-corrected chi connectivity index (χ0v) is 34.1. The van der Waals surface area contributed by atoms with E-state index < -0.39 is 6.10 Å². The third-order valence-corrected chi connectivity index (χ3v) is 10.00. The number of hydrogen-bond donors (Lipinski definition) is 1. The van der Waals surface area contributed by atoms with Crippen molar-refractivity contribution in [3.8, 4) is 0 Å². The summed E-state index contributed by atoms with van der Waals surface area (Å²) in [6.07, 6.45) is 51.0. The van der Waals surface area contributed by atoms with Crippen LogP contribution in [0, 0.1) is 0 Å². The topological polar surface area (TPSA) is 72.8 Å². The molecule has 0 aliphatic rings. The van der Waals surface area contributed by atoms with Crippen molar-refractivity contribution in [3.63, 3.8) is 0 Å². The zero-order chi connectivity index (χ0) is 37.1. The lowest BCUT2D eigenvalue weighted by molar-refractivity contribution is -0.161. The SMILES string of the molecule is CCCCC/C=C\C/C=C\CCCCCCCCCCCC(=O)OC(CO)COC(=O)CCCCCCCCCCCCCCCCCCCC. The van der Waals surface area contributed by atoms with Gasteiger partial charge < -0.3 is 14.6 Å². The standard InChI is InChI=1S/C46H86O5/c1-3-5-7-9-11-13-15-17-19-21-23-25-27-29-31-33-35-37-39-41-46(49)51-44(42-47)43-50-45(48)40-38-36-34-32-30-28-26-24-22-20-18-16-14-12-10-8-6-4-2/h11,13,17,19,44,47H,3-10,12,14-16,18,20-43H2,1-2H3/b13-11-,19-17-. The first-order valence-corrected chi connectivity index (χ1v) is 22.4. The molecule has 0 heterocycles. The van der Waals surface area contributed by atoms with E-state index in [-0.39, 0.29) is 25.2 Å². The lowest BCUT2D eigenvalue weighted by Gasteiger charge is -2.15. The molecule has 0 spiro atoms. The van der Waals surface area contributed by atoms with Crippen molar-refractivity contribution in [2.45, 2.75) is 245 Å². The van der Waals surface area contributed by atoms with Gasteiger partial charge in [-0.1, -0.05) is 205 Å². The number of unbranched alkanes of at least 4 members (excludes halogenated alkanes) is 29. The number of ether oxygens (including phenoxy) is 2. The number of rotatable bonds is 41. The van der Waals surface area contributed by atoms with Gasteiger partial charge in [-0.3, -0.25) is 9.59 Å². The summed E-state index contributed by atoms with van der Waals surface area (Å²) in [5, 5.41) is 9.59. The highest BCUT2D eigenvalue weighted by Gasteiger charge is 2.16. The van der Waals surface area contributed by atoms with Crippen LogP contribution in [0.3, 0.4) is 0 Å². The highest BCUT2D eigenvalue weighted by atomic mass is 16.6. The molecule has 0 saturated carbocycles. The Balaban J connectivity index is 3.50. The largest absolute Gasteiger partial charge is 0.462 e. The summed E-state index contributed by atoms with van der Waals surface area (Å²) in [6.45, 7) is 4.14. The van der Waals surface area contributed by atoms with Crippen molar-refractivity contribution in [1.82, 2.24) is 0 Å². The Morgan fingerprint density at radius 2 is 0.784 bits per heavy atom. The molecule has 1 unspecified atom stereocenters. The minimum Gasteiger partial charge on any atom is -0.462 e. The average Bonchev–Trinajstić information content (AvgIpc) is 3.13. The van der Waals surface area contributed by atoms with E-state index in [0.717, 1.165) is 38.5 Å². The second kappa shape index (κ2) is 42.8. The van der Waals surface area contributed by atoms with E-state index in [0.29, 0.717) is 12.8 Å². The maximum atomic E-state index is 12.2. The molecule has 51 heavy (non-hydrogen) atoms. The van der Waals surface area contributed by atoms with Crippen LogP contribution in [0.1, 0.15) is 239 Å². The monoisotopic (exact) mass is 719 g/mol. The van der Waals surface area contributed by atoms with Gasteiger partial charge in [0.25, 0.3) is 0 Å². The van der Waals surface area contributed by atoms with Crippen LogP contribution in [0.4, 0.5) is 0 Å². The predicted octanol–water partition coefficient (Wildman–Crippen LogP) is 14.2. The van der Waals surface area contributed by atoms with Crippen molar-refractivity contribution >= 4 is 11.9 Å². The van der Waals surface area contributed by atoms with E-state index in [2.05, 4.69) is 38.2 Å². The number of aliphatic hydroxyl groups is 1. The molecule has 0 aromatic carbocycles. The fourth-order valence-corrected chi connectivity index (χ4v) is 6.59. The summed E-state index contributed by atoms with van der Waals surface area (Å²) in [7, 11) is 0. The van der Waals surface area contributed by atoms with Crippen molar-refractivity contribution < 1.29 is 24.2 Å². The van der Waals surface area contributed by atoms with Crippen molar-refractivity contribution in [1.29, 1.82) is 0 Å². The third kappa shape index (κ3) is 41.0. The third-order valence-electron chi connectivity index (χ3n) is 10.00. The molecule has 0 aromatic rings. The van der Waals surface area contributed by atoms with Crippen LogP contribution in [0.5, 0.6) is 0 Å². The number of aliphatic hydroxyl groups excluding tert-OH is 1. The fourth-order valence-electron chi connectivity index (χ4n) is 6.59. The highest BCUT2D eigenvalue weighted by molar-refractivity contribution is 5.70. The quantitative estimate of drug-likeness (QED) is 0.0387. The lowest BCUT2D eigenvalue weighted by Crippen LogP contribution is -2.28. The predicted molar refractivity (Wildman–Crippen MR) is 219 cm³/mol. The number of carbonyl (C=O) groups is 2. The van der Waals surface area contributed by atoms with Gasteiger partial charge in [0.1, 0.15) is 6.61 Å². The van der Waals surface area contributed by atoms with E-state index in [9.17, 15) is 14.7 Å². The number of allylic oxidation sites excluding steroid dienone is 4. The highest BCUT2D eigenvalue weighted by Crippen LogP contribution is 2.16. The molecular weight excluding hydrogens is 633 g/mol.